The van der Waals surface area contributed by atoms with Crippen LogP contribution in [0, 0.1) is 13.8 Å². The number of carbonyl (C=O) groups is 1. The first-order valence-corrected chi connectivity index (χ1v) is 10.8. The second-order valence-corrected chi connectivity index (χ2v) is 7.97. The van der Waals surface area contributed by atoms with Crippen LogP contribution in [-0.2, 0) is 0 Å². The molecular formula is C29H27NO3. The summed E-state index contributed by atoms with van der Waals surface area (Å²) in [7, 11) is 3.25. The number of methoxy groups -OCH3 is 2. The van der Waals surface area contributed by atoms with Crippen LogP contribution in [-0.4, -0.2) is 20.1 Å². The molecule has 0 aliphatic rings. The van der Waals surface area contributed by atoms with E-state index in [-0.39, 0.29) is 5.91 Å². The number of rotatable bonds is 6. The first kappa shape index (κ1) is 22.2. The highest BCUT2D eigenvalue weighted by Gasteiger charge is 2.15. The zero-order chi connectivity index (χ0) is 23.4. The molecule has 1 N–H and O–H groups in total. The number of anilines is 1. The van der Waals surface area contributed by atoms with Crippen molar-refractivity contribution in [1.82, 2.24) is 0 Å². The lowest BCUT2D eigenvalue weighted by Crippen LogP contribution is -2.12. The third-order valence-corrected chi connectivity index (χ3v) is 5.71. The van der Waals surface area contributed by atoms with E-state index in [0.717, 1.165) is 33.5 Å². The van der Waals surface area contributed by atoms with Gasteiger partial charge in [0.05, 0.1) is 14.2 Å². The fourth-order valence-electron chi connectivity index (χ4n) is 3.88. The average Bonchev–Trinajstić information content (AvgIpc) is 2.85. The topological polar surface area (TPSA) is 47.6 Å². The number of hydrogen-bond donors (Lipinski definition) is 1. The number of amides is 1. The van der Waals surface area contributed by atoms with Crippen molar-refractivity contribution in [2.75, 3.05) is 19.5 Å². The maximum atomic E-state index is 13.0. The number of carbonyl (C=O) groups excluding carboxylic acids is 1. The molecule has 4 aromatic rings. The molecule has 166 valence electrons. The first-order valence-electron chi connectivity index (χ1n) is 10.8. The van der Waals surface area contributed by atoms with E-state index in [0.29, 0.717) is 17.1 Å². The van der Waals surface area contributed by atoms with Crippen LogP contribution in [0.5, 0.6) is 11.5 Å². The number of hydrogen-bond acceptors (Lipinski definition) is 3. The summed E-state index contributed by atoms with van der Waals surface area (Å²) in [5, 5.41) is 3.13. The minimum atomic E-state index is -0.147. The second-order valence-electron chi connectivity index (χ2n) is 7.97. The van der Waals surface area contributed by atoms with E-state index in [1.807, 2.05) is 54.6 Å². The minimum absolute atomic E-state index is 0.147. The Hall–Kier alpha value is -4.05. The Bertz CT molecular complexity index is 1280. The molecule has 0 saturated heterocycles. The molecule has 33 heavy (non-hydrogen) atoms. The van der Waals surface area contributed by atoms with Gasteiger partial charge in [-0.2, -0.15) is 0 Å². The van der Waals surface area contributed by atoms with Crippen molar-refractivity contribution in [2.24, 2.45) is 0 Å². The van der Waals surface area contributed by atoms with E-state index in [1.54, 1.807) is 14.2 Å². The van der Waals surface area contributed by atoms with Gasteiger partial charge in [0.15, 0.2) is 11.5 Å². The third kappa shape index (κ3) is 4.75. The van der Waals surface area contributed by atoms with E-state index in [1.165, 1.54) is 5.56 Å². The molecule has 0 aliphatic carbocycles. The Balaban J connectivity index is 1.84. The fraction of sp³-hybridized carbons (Fsp3) is 0.138. The lowest BCUT2D eigenvalue weighted by molar-refractivity contribution is 0.102. The van der Waals surface area contributed by atoms with E-state index < -0.39 is 0 Å². The van der Waals surface area contributed by atoms with Crippen LogP contribution >= 0.6 is 0 Å². The van der Waals surface area contributed by atoms with Crippen molar-refractivity contribution in [3.05, 3.63) is 102 Å². The molecular weight excluding hydrogens is 410 g/mol. The van der Waals surface area contributed by atoms with Gasteiger partial charge in [-0.1, -0.05) is 54.1 Å². The lowest BCUT2D eigenvalue weighted by Gasteiger charge is -2.17. The van der Waals surface area contributed by atoms with Crippen LogP contribution in [0.25, 0.3) is 22.3 Å². The molecule has 0 aromatic heterocycles. The predicted octanol–water partition coefficient (Wildman–Crippen LogP) is 6.91. The van der Waals surface area contributed by atoms with Gasteiger partial charge in [0.25, 0.3) is 5.91 Å². The van der Waals surface area contributed by atoms with Crippen molar-refractivity contribution in [1.29, 1.82) is 0 Å². The summed E-state index contributed by atoms with van der Waals surface area (Å²) in [5.41, 5.74) is 7.66. The van der Waals surface area contributed by atoms with Crippen molar-refractivity contribution >= 4 is 11.6 Å². The van der Waals surface area contributed by atoms with Gasteiger partial charge < -0.3 is 14.8 Å². The monoisotopic (exact) mass is 437 g/mol. The highest BCUT2D eigenvalue weighted by Crippen LogP contribution is 2.38. The molecule has 4 aromatic carbocycles. The van der Waals surface area contributed by atoms with Crippen LogP contribution in [0.15, 0.2) is 84.9 Å². The Morgan fingerprint density at radius 3 is 2.03 bits per heavy atom. The zero-order valence-electron chi connectivity index (χ0n) is 19.3. The van der Waals surface area contributed by atoms with Crippen LogP contribution in [0.1, 0.15) is 21.5 Å². The number of aryl methyl sites for hydroxylation is 2. The smallest absolute Gasteiger partial charge is 0.255 e. The van der Waals surface area contributed by atoms with Crippen molar-refractivity contribution in [2.45, 2.75) is 13.8 Å². The maximum absolute atomic E-state index is 13.0. The van der Waals surface area contributed by atoms with Crippen molar-refractivity contribution < 1.29 is 14.3 Å². The Kier molecular flexibility index (Phi) is 6.45. The van der Waals surface area contributed by atoms with Gasteiger partial charge >= 0.3 is 0 Å². The molecule has 0 spiro atoms. The zero-order valence-corrected chi connectivity index (χ0v) is 19.3. The predicted molar refractivity (Wildman–Crippen MR) is 134 cm³/mol. The van der Waals surface area contributed by atoms with E-state index in [9.17, 15) is 4.79 Å². The van der Waals surface area contributed by atoms with Gasteiger partial charge in [-0.05, 0) is 72.5 Å². The summed E-state index contributed by atoms with van der Waals surface area (Å²) in [4.78, 5) is 13.0. The normalized spacial score (nSPS) is 10.5. The molecule has 0 fully saturated rings. The molecule has 0 heterocycles. The molecule has 0 saturated carbocycles. The minimum Gasteiger partial charge on any atom is -0.493 e. The lowest BCUT2D eigenvalue weighted by atomic mass is 9.93. The first-order chi connectivity index (χ1) is 16.0. The van der Waals surface area contributed by atoms with Gasteiger partial charge in [-0.15, -0.1) is 0 Å². The molecule has 1 amide bonds. The molecule has 4 nitrogen and oxygen atoms in total. The number of nitrogens with one attached hydrogen (secondary N) is 1. The second kappa shape index (κ2) is 9.61. The van der Waals surface area contributed by atoms with Gasteiger partial charge in [0, 0.05) is 16.8 Å². The summed E-state index contributed by atoms with van der Waals surface area (Å²) >= 11 is 0. The van der Waals surface area contributed by atoms with E-state index in [2.05, 4.69) is 49.5 Å². The molecule has 4 rings (SSSR count). The largest absolute Gasteiger partial charge is 0.493 e. The number of ether oxygens (including phenoxy) is 2. The van der Waals surface area contributed by atoms with E-state index in [4.69, 9.17) is 9.47 Å². The molecule has 0 bridgehead atoms. The van der Waals surface area contributed by atoms with Crippen LogP contribution in [0.4, 0.5) is 5.69 Å². The Morgan fingerprint density at radius 2 is 1.36 bits per heavy atom. The van der Waals surface area contributed by atoms with Gasteiger partial charge in [-0.3, -0.25) is 4.79 Å². The maximum Gasteiger partial charge on any atom is 0.255 e. The standard InChI is InChI=1S/C29H27NO3/c1-19-10-12-21(13-11-19)25-16-20(2)24(23-14-15-27(32-3)28(17-23)33-4)18-26(25)30-29(31)22-8-6-5-7-9-22/h5-18H,1-4H3,(H,30,31). The summed E-state index contributed by atoms with van der Waals surface area (Å²) in [6.07, 6.45) is 0. The van der Waals surface area contributed by atoms with Crippen molar-refractivity contribution in [3.63, 3.8) is 0 Å². The highest BCUT2D eigenvalue weighted by molar-refractivity contribution is 6.07. The fourth-order valence-corrected chi connectivity index (χ4v) is 3.88. The van der Waals surface area contributed by atoms with Gasteiger partial charge in [0.1, 0.15) is 0 Å². The van der Waals surface area contributed by atoms with Gasteiger partial charge in [0.2, 0.25) is 0 Å². The molecule has 0 unspecified atom stereocenters. The third-order valence-electron chi connectivity index (χ3n) is 5.71. The van der Waals surface area contributed by atoms with Crippen LogP contribution in [0.3, 0.4) is 0 Å². The Labute approximate surface area is 194 Å². The average molecular weight is 438 g/mol. The van der Waals surface area contributed by atoms with Crippen LogP contribution in [0.2, 0.25) is 0 Å². The van der Waals surface area contributed by atoms with Crippen molar-refractivity contribution in [3.8, 4) is 33.8 Å². The quantitative estimate of drug-likeness (QED) is 0.357. The Morgan fingerprint density at radius 1 is 0.697 bits per heavy atom. The molecule has 0 atom stereocenters. The highest BCUT2D eigenvalue weighted by atomic mass is 16.5. The van der Waals surface area contributed by atoms with Crippen LogP contribution < -0.4 is 14.8 Å². The summed E-state index contributed by atoms with van der Waals surface area (Å²) in [6, 6.07) is 27.6. The van der Waals surface area contributed by atoms with E-state index >= 15 is 0 Å². The molecule has 4 heteroatoms. The molecule has 0 aliphatic heterocycles. The molecule has 0 radical (unpaired) electrons. The van der Waals surface area contributed by atoms with Gasteiger partial charge in [-0.25, -0.2) is 0 Å². The SMILES string of the molecule is COc1ccc(-c2cc(NC(=O)c3ccccc3)c(-c3ccc(C)cc3)cc2C)cc1OC. The number of benzene rings is 4. The summed E-state index contributed by atoms with van der Waals surface area (Å²) in [6.45, 7) is 4.14. The summed E-state index contributed by atoms with van der Waals surface area (Å²) < 4.78 is 10.9. The summed E-state index contributed by atoms with van der Waals surface area (Å²) in [5.74, 6) is 1.19.